The predicted molar refractivity (Wildman–Crippen MR) is 111 cm³/mol. The summed E-state index contributed by atoms with van der Waals surface area (Å²) in [7, 11) is 0. The number of anilines is 3. The molecule has 0 amide bonds. The van der Waals surface area contributed by atoms with Gasteiger partial charge in [-0.05, 0) is 30.7 Å². The average molecular weight is 377 g/mol. The first-order valence-corrected chi connectivity index (χ1v) is 9.56. The second-order valence-electron chi connectivity index (χ2n) is 7.01. The van der Waals surface area contributed by atoms with Crippen molar-refractivity contribution in [2.24, 2.45) is 0 Å². The van der Waals surface area contributed by atoms with E-state index < -0.39 is 0 Å². The van der Waals surface area contributed by atoms with E-state index in [1.165, 1.54) is 17.2 Å². The van der Waals surface area contributed by atoms with Gasteiger partial charge in [0.2, 0.25) is 5.95 Å². The lowest BCUT2D eigenvalue weighted by molar-refractivity contribution is 0.594. The number of nitrogens with zero attached hydrogens (tertiary/aromatic N) is 4. The Labute approximate surface area is 164 Å². The number of aromatic nitrogens is 2. The lowest BCUT2D eigenvalue weighted by atomic mass is 10.1. The van der Waals surface area contributed by atoms with E-state index in [4.69, 9.17) is 0 Å². The quantitative estimate of drug-likeness (QED) is 0.731. The van der Waals surface area contributed by atoms with E-state index in [1.807, 2.05) is 18.2 Å². The zero-order valence-corrected chi connectivity index (χ0v) is 16.0. The van der Waals surface area contributed by atoms with Gasteiger partial charge in [0, 0.05) is 38.9 Å². The maximum Gasteiger partial charge on any atom is 0.227 e. The van der Waals surface area contributed by atoms with Gasteiger partial charge in [0.05, 0.1) is 5.69 Å². The Morgan fingerprint density at radius 2 is 1.75 bits per heavy atom. The van der Waals surface area contributed by atoms with Crippen molar-refractivity contribution in [1.29, 1.82) is 0 Å². The van der Waals surface area contributed by atoms with Crippen LogP contribution in [0.3, 0.4) is 0 Å². The summed E-state index contributed by atoms with van der Waals surface area (Å²) in [4.78, 5) is 13.3. The zero-order valence-electron chi connectivity index (χ0n) is 16.0. The van der Waals surface area contributed by atoms with Crippen LogP contribution in [-0.2, 0) is 6.54 Å². The Bertz CT molecular complexity index is 937. The first kappa shape index (κ1) is 18.2. The van der Waals surface area contributed by atoms with Crippen LogP contribution in [0.2, 0.25) is 0 Å². The van der Waals surface area contributed by atoms with Gasteiger partial charge in [-0.3, -0.25) is 0 Å². The summed E-state index contributed by atoms with van der Waals surface area (Å²) in [6, 6.07) is 17.2. The Morgan fingerprint density at radius 3 is 2.54 bits per heavy atom. The van der Waals surface area contributed by atoms with Crippen molar-refractivity contribution in [2.75, 3.05) is 41.3 Å². The molecule has 2 heterocycles. The Morgan fingerprint density at radius 1 is 0.964 bits per heavy atom. The average Bonchev–Trinajstić information content (AvgIpc) is 2.73. The van der Waals surface area contributed by atoms with Gasteiger partial charge in [0.25, 0.3) is 0 Å². The summed E-state index contributed by atoms with van der Waals surface area (Å²) in [5.41, 5.74) is 3.13. The van der Waals surface area contributed by atoms with Crippen LogP contribution in [0.25, 0.3) is 0 Å². The highest BCUT2D eigenvalue weighted by Crippen LogP contribution is 2.22. The summed E-state index contributed by atoms with van der Waals surface area (Å²) in [6.07, 6.45) is 1.78. The maximum atomic E-state index is 14.0. The second kappa shape index (κ2) is 8.25. The van der Waals surface area contributed by atoms with E-state index in [9.17, 15) is 4.39 Å². The third kappa shape index (κ3) is 4.22. The molecule has 1 N–H and O–H groups in total. The normalized spacial score (nSPS) is 14.2. The molecule has 144 valence electrons. The first-order valence-electron chi connectivity index (χ1n) is 9.56. The number of nitrogens with one attached hydrogen (secondary N) is 1. The first-order chi connectivity index (χ1) is 13.7. The van der Waals surface area contributed by atoms with Gasteiger partial charge in [-0.25, -0.2) is 9.37 Å². The van der Waals surface area contributed by atoms with E-state index in [-0.39, 0.29) is 5.82 Å². The van der Waals surface area contributed by atoms with E-state index in [1.54, 1.807) is 12.3 Å². The molecule has 1 saturated heterocycles. The Kier molecular flexibility index (Phi) is 5.37. The van der Waals surface area contributed by atoms with Crippen LogP contribution >= 0.6 is 0 Å². The summed E-state index contributed by atoms with van der Waals surface area (Å²) >= 11 is 0. The topological polar surface area (TPSA) is 44.3 Å². The fourth-order valence-corrected chi connectivity index (χ4v) is 3.47. The summed E-state index contributed by atoms with van der Waals surface area (Å²) < 4.78 is 14.0. The van der Waals surface area contributed by atoms with Crippen LogP contribution in [-0.4, -0.2) is 36.1 Å². The van der Waals surface area contributed by atoms with Crippen LogP contribution in [0.4, 0.5) is 21.8 Å². The highest BCUT2D eigenvalue weighted by molar-refractivity contribution is 5.50. The molecule has 5 nitrogen and oxygen atoms in total. The lowest BCUT2D eigenvalue weighted by Crippen LogP contribution is -2.47. The van der Waals surface area contributed by atoms with Gasteiger partial charge in [-0.15, -0.1) is 0 Å². The summed E-state index contributed by atoms with van der Waals surface area (Å²) in [5.74, 6) is 1.35. The molecule has 28 heavy (non-hydrogen) atoms. The molecule has 1 aromatic heterocycles. The number of benzene rings is 2. The second-order valence-corrected chi connectivity index (χ2v) is 7.01. The minimum atomic E-state index is -0.172. The number of hydrogen-bond donors (Lipinski definition) is 1. The molecule has 0 bridgehead atoms. The number of halogens is 1. The van der Waals surface area contributed by atoms with Crippen LogP contribution in [0.15, 0.2) is 60.8 Å². The molecule has 6 heteroatoms. The number of piperazine rings is 1. The number of para-hydroxylation sites is 1. The van der Waals surface area contributed by atoms with Gasteiger partial charge in [0.1, 0.15) is 11.6 Å². The molecule has 1 aliphatic heterocycles. The predicted octanol–water partition coefficient (Wildman–Crippen LogP) is 3.86. The molecule has 1 aliphatic rings. The van der Waals surface area contributed by atoms with Crippen molar-refractivity contribution in [3.05, 3.63) is 77.7 Å². The Balaban J connectivity index is 1.38. The largest absolute Gasteiger partial charge is 0.366 e. The van der Waals surface area contributed by atoms with Gasteiger partial charge in [-0.1, -0.05) is 42.0 Å². The molecule has 2 aromatic carbocycles. The van der Waals surface area contributed by atoms with Crippen LogP contribution < -0.4 is 15.1 Å². The smallest absolute Gasteiger partial charge is 0.227 e. The van der Waals surface area contributed by atoms with E-state index in [0.717, 1.165) is 38.5 Å². The lowest BCUT2D eigenvalue weighted by Gasteiger charge is -2.36. The molecule has 4 rings (SSSR count). The molecular formula is C22H24FN5. The summed E-state index contributed by atoms with van der Waals surface area (Å²) in [5, 5.41) is 3.37. The van der Waals surface area contributed by atoms with Gasteiger partial charge in [-0.2, -0.15) is 4.98 Å². The van der Waals surface area contributed by atoms with Crippen LogP contribution in [0.5, 0.6) is 0 Å². The van der Waals surface area contributed by atoms with Crippen molar-refractivity contribution >= 4 is 17.5 Å². The number of hydrogen-bond acceptors (Lipinski definition) is 5. The fourth-order valence-electron chi connectivity index (χ4n) is 3.47. The molecule has 1 fully saturated rings. The van der Waals surface area contributed by atoms with Gasteiger partial charge >= 0.3 is 0 Å². The van der Waals surface area contributed by atoms with E-state index in [2.05, 4.69) is 56.3 Å². The molecule has 0 atom stereocenters. The van der Waals surface area contributed by atoms with Crippen LogP contribution in [0.1, 0.15) is 11.1 Å². The maximum absolute atomic E-state index is 14.0. The third-order valence-electron chi connectivity index (χ3n) is 4.95. The highest BCUT2D eigenvalue weighted by atomic mass is 19.1. The molecule has 0 aliphatic carbocycles. The van der Waals surface area contributed by atoms with Gasteiger partial charge < -0.3 is 15.1 Å². The van der Waals surface area contributed by atoms with Crippen molar-refractivity contribution < 1.29 is 4.39 Å². The molecule has 0 spiro atoms. The molecule has 0 unspecified atom stereocenters. The number of rotatable bonds is 5. The SMILES string of the molecule is Cc1cccc(CNc2ccnc(N3CCN(c4ccccc4F)CC3)n2)c1. The summed E-state index contributed by atoms with van der Waals surface area (Å²) in [6.45, 7) is 5.81. The Hall–Kier alpha value is -3.15. The monoisotopic (exact) mass is 377 g/mol. The van der Waals surface area contributed by atoms with Crippen LogP contribution in [0, 0.1) is 12.7 Å². The number of aryl methyl sites for hydroxylation is 1. The zero-order chi connectivity index (χ0) is 19.3. The van der Waals surface area contributed by atoms with Gasteiger partial charge in [0.15, 0.2) is 0 Å². The van der Waals surface area contributed by atoms with Crippen molar-refractivity contribution in [3.63, 3.8) is 0 Å². The highest BCUT2D eigenvalue weighted by Gasteiger charge is 2.21. The van der Waals surface area contributed by atoms with Crippen molar-refractivity contribution in [3.8, 4) is 0 Å². The van der Waals surface area contributed by atoms with Crippen molar-refractivity contribution in [1.82, 2.24) is 9.97 Å². The molecule has 3 aromatic rings. The minimum absolute atomic E-state index is 0.172. The third-order valence-corrected chi connectivity index (χ3v) is 4.95. The fraction of sp³-hybridized carbons (Fsp3) is 0.273. The standard InChI is InChI=1S/C22H24FN5/c1-17-5-4-6-18(15-17)16-25-21-9-10-24-22(26-21)28-13-11-27(12-14-28)20-8-3-2-7-19(20)23/h2-10,15H,11-14,16H2,1H3,(H,24,25,26). The molecular weight excluding hydrogens is 353 g/mol. The molecule has 0 saturated carbocycles. The minimum Gasteiger partial charge on any atom is -0.366 e. The van der Waals surface area contributed by atoms with E-state index in [0.29, 0.717) is 11.6 Å². The molecule has 0 radical (unpaired) electrons. The van der Waals surface area contributed by atoms with E-state index >= 15 is 0 Å². The van der Waals surface area contributed by atoms with Crippen molar-refractivity contribution in [2.45, 2.75) is 13.5 Å².